The molecule has 0 atom stereocenters. The molecule has 15 heavy (non-hydrogen) atoms. The van der Waals surface area contributed by atoms with Gasteiger partial charge < -0.3 is 5.32 Å². The number of hydrogen-bond acceptors (Lipinski definition) is 2. The van der Waals surface area contributed by atoms with Crippen LogP contribution >= 0.6 is 0 Å². The van der Waals surface area contributed by atoms with E-state index in [4.69, 9.17) is 0 Å². The fraction of sp³-hybridized carbons (Fsp3) is 0.750. The van der Waals surface area contributed by atoms with Crippen LogP contribution in [0.25, 0.3) is 0 Å². The standard InChI is InChI=1S/C12H21N3/c1-11(2,3)9-8-10(15(5)14-9)12(13-4)6-7-12/h8,13H,6-7H2,1-5H3. The largest absolute Gasteiger partial charge is 0.309 e. The Balaban J connectivity index is 2.39. The summed E-state index contributed by atoms with van der Waals surface area (Å²) in [6.07, 6.45) is 2.46. The van der Waals surface area contributed by atoms with E-state index in [0.717, 1.165) is 0 Å². The molecule has 0 aromatic carbocycles. The fourth-order valence-electron chi connectivity index (χ4n) is 2.04. The van der Waals surface area contributed by atoms with Crippen LogP contribution in [-0.4, -0.2) is 16.8 Å². The van der Waals surface area contributed by atoms with Gasteiger partial charge in [-0.1, -0.05) is 20.8 Å². The van der Waals surface area contributed by atoms with Gasteiger partial charge in [0.15, 0.2) is 0 Å². The minimum absolute atomic E-state index is 0.139. The molecule has 3 heteroatoms. The molecule has 0 saturated heterocycles. The molecule has 1 aromatic heterocycles. The van der Waals surface area contributed by atoms with Crippen LogP contribution in [0.1, 0.15) is 45.0 Å². The summed E-state index contributed by atoms with van der Waals surface area (Å²) >= 11 is 0. The Kier molecular flexibility index (Phi) is 2.19. The molecular formula is C12H21N3. The predicted octanol–water partition coefficient (Wildman–Crippen LogP) is 1.93. The van der Waals surface area contributed by atoms with Crippen molar-refractivity contribution in [2.24, 2.45) is 7.05 Å². The minimum Gasteiger partial charge on any atom is -0.309 e. The Morgan fingerprint density at radius 2 is 2.00 bits per heavy atom. The van der Waals surface area contributed by atoms with Gasteiger partial charge >= 0.3 is 0 Å². The molecule has 2 rings (SSSR count). The van der Waals surface area contributed by atoms with E-state index in [0.29, 0.717) is 0 Å². The molecule has 0 bridgehead atoms. The van der Waals surface area contributed by atoms with Gasteiger partial charge in [-0.15, -0.1) is 0 Å². The van der Waals surface area contributed by atoms with Crippen LogP contribution in [0.5, 0.6) is 0 Å². The van der Waals surface area contributed by atoms with E-state index in [1.54, 1.807) is 0 Å². The second-order valence-electron chi connectivity index (χ2n) is 5.62. The highest BCUT2D eigenvalue weighted by Gasteiger charge is 2.45. The van der Waals surface area contributed by atoms with Gasteiger partial charge in [0.1, 0.15) is 0 Å². The van der Waals surface area contributed by atoms with Crippen molar-refractivity contribution in [2.45, 2.75) is 44.6 Å². The lowest BCUT2D eigenvalue weighted by atomic mass is 9.92. The third-order valence-corrected chi connectivity index (χ3v) is 3.37. The van der Waals surface area contributed by atoms with Gasteiger partial charge in [0.25, 0.3) is 0 Å². The van der Waals surface area contributed by atoms with Crippen molar-refractivity contribution in [1.29, 1.82) is 0 Å². The first-order chi connectivity index (χ1) is 6.89. The van der Waals surface area contributed by atoms with E-state index in [1.165, 1.54) is 24.2 Å². The highest BCUT2D eigenvalue weighted by Crippen LogP contribution is 2.45. The minimum atomic E-state index is 0.139. The van der Waals surface area contributed by atoms with Crippen molar-refractivity contribution in [3.8, 4) is 0 Å². The average Bonchev–Trinajstić information content (AvgIpc) is 2.82. The Labute approximate surface area is 91.9 Å². The van der Waals surface area contributed by atoms with Gasteiger partial charge in [0, 0.05) is 12.5 Å². The molecule has 1 fully saturated rings. The van der Waals surface area contributed by atoms with E-state index < -0.39 is 0 Å². The number of nitrogens with one attached hydrogen (secondary N) is 1. The van der Waals surface area contributed by atoms with Gasteiger partial charge in [0.05, 0.1) is 16.9 Å². The summed E-state index contributed by atoms with van der Waals surface area (Å²) in [4.78, 5) is 0. The van der Waals surface area contributed by atoms with Crippen LogP contribution in [0.3, 0.4) is 0 Å². The number of aromatic nitrogens is 2. The smallest absolute Gasteiger partial charge is 0.0681 e. The predicted molar refractivity (Wildman–Crippen MR) is 61.9 cm³/mol. The first-order valence-corrected chi connectivity index (χ1v) is 5.63. The number of aryl methyl sites for hydroxylation is 1. The second kappa shape index (κ2) is 3.08. The highest BCUT2D eigenvalue weighted by atomic mass is 15.3. The zero-order valence-corrected chi connectivity index (χ0v) is 10.4. The van der Waals surface area contributed by atoms with Crippen molar-refractivity contribution < 1.29 is 0 Å². The molecule has 0 aliphatic heterocycles. The summed E-state index contributed by atoms with van der Waals surface area (Å²) in [5.74, 6) is 0. The lowest BCUT2D eigenvalue weighted by molar-refractivity contribution is 0.518. The van der Waals surface area contributed by atoms with E-state index in [1.807, 2.05) is 18.8 Å². The lowest BCUT2D eigenvalue weighted by Gasteiger charge is -2.14. The molecule has 1 aromatic rings. The van der Waals surface area contributed by atoms with Crippen LogP contribution in [0.15, 0.2) is 6.07 Å². The topological polar surface area (TPSA) is 29.9 Å². The molecule has 84 valence electrons. The molecular weight excluding hydrogens is 186 g/mol. The Hall–Kier alpha value is -0.830. The van der Waals surface area contributed by atoms with Crippen molar-refractivity contribution in [3.63, 3.8) is 0 Å². The molecule has 3 nitrogen and oxygen atoms in total. The van der Waals surface area contributed by atoms with Gasteiger partial charge in [-0.3, -0.25) is 4.68 Å². The third-order valence-electron chi connectivity index (χ3n) is 3.37. The second-order valence-corrected chi connectivity index (χ2v) is 5.62. The highest BCUT2D eigenvalue weighted by molar-refractivity contribution is 5.28. The van der Waals surface area contributed by atoms with E-state index in [9.17, 15) is 0 Å². The van der Waals surface area contributed by atoms with Crippen LogP contribution in [0.4, 0.5) is 0 Å². The van der Waals surface area contributed by atoms with Crippen LogP contribution in [0, 0.1) is 0 Å². The molecule has 0 spiro atoms. The zero-order chi connectivity index (χ0) is 11.3. The third kappa shape index (κ3) is 1.69. The number of nitrogens with zero attached hydrogens (tertiary/aromatic N) is 2. The van der Waals surface area contributed by atoms with Crippen molar-refractivity contribution in [2.75, 3.05) is 7.05 Å². The quantitative estimate of drug-likeness (QED) is 0.803. The molecule has 0 radical (unpaired) electrons. The zero-order valence-electron chi connectivity index (χ0n) is 10.4. The maximum absolute atomic E-state index is 4.61. The summed E-state index contributed by atoms with van der Waals surface area (Å²) < 4.78 is 2.03. The molecule has 1 aliphatic rings. The Morgan fingerprint density at radius 3 is 2.33 bits per heavy atom. The first kappa shape index (κ1) is 10.7. The van der Waals surface area contributed by atoms with Crippen LogP contribution in [0.2, 0.25) is 0 Å². The van der Waals surface area contributed by atoms with E-state index in [-0.39, 0.29) is 11.0 Å². The first-order valence-electron chi connectivity index (χ1n) is 5.63. The van der Waals surface area contributed by atoms with Crippen LogP contribution < -0.4 is 5.32 Å². The fourth-order valence-corrected chi connectivity index (χ4v) is 2.04. The van der Waals surface area contributed by atoms with E-state index in [2.05, 4.69) is 37.3 Å². The molecule has 0 unspecified atom stereocenters. The SMILES string of the molecule is CNC1(c2cc(C(C)(C)C)nn2C)CC1. The van der Waals surface area contributed by atoms with Crippen molar-refractivity contribution in [3.05, 3.63) is 17.5 Å². The van der Waals surface area contributed by atoms with Gasteiger partial charge in [-0.05, 0) is 26.0 Å². The van der Waals surface area contributed by atoms with E-state index >= 15 is 0 Å². The maximum Gasteiger partial charge on any atom is 0.0681 e. The molecule has 1 N–H and O–H groups in total. The molecule has 0 amide bonds. The van der Waals surface area contributed by atoms with Gasteiger partial charge in [0.2, 0.25) is 0 Å². The van der Waals surface area contributed by atoms with Gasteiger partial charge in [-0.25, -0.2) is 0 Å². The normalized spacial score (nSPS) is 19.3. The summed E-state index contributed by atoms with van der Waals surface area (Å²) in [6, 6.07) is 2.25. The lowest BCUT2D eigenvalue weighted by Crippen LogP contribution is -2.27. The summed E-state index contributed by atoms with van der Waals surface area (Å²) in [6.45, 7) is 6.62. The Bertz CT molecular complexity index is 367. The molecule has 1 aliphatic carbocycles. The van der Waals surface area contributed by atoms with Gasteiger partial charge in [-0.2, -0.15) is 5.10 Å². The Morgan fingerprint density at radius 1 is 1.40 bits per heavy atom. The summed E-state index contributed by atoms with van der Waals surface area (Å²) in [7, 11) is 4.08. The maximum atomic E-state index is 4.61. The summed E-state index contributed by atoms with van der Waals surface area (Å²) in [5.41, 5.74) is 2.86. The monoisotopic (exact) mass is 207 g/mol. The summed E-state index contributed by atoms with van der Waals surface area (Å²) in [5, 5.41) is 8.03. The molecule has 1 heterocycles. The number of hydrogen-bond donors (Lipinski definition) is 1. The van der Waals surface area contributed by atoms with Crippen molar-refractivity contribution >= 4 is 0 Å². The van der Waals surface area contributed by atoms with Crippen LogP contribution in [-0.2, 0) is 18.0 Å². The molecule has 1 saturated carbocycles. The number of rotatable bonds is 2. The average molecular weight is 207 g/mol. The van der Waals surface area contributed by atoms with Crippen molar-refractivity contribution in [1.82, 2.24) is 15.1 Å².